The first-order valence-electron chi connectivity index (χ1n) is 6.81. The summed E-state index contributed by atoms with van der Waals surface area (Å²) in [7, 11) is 0. The highest BCUT2D eigenvalue weighted by Crippen LogP contribution is 2.16. The zero-order valence-electron chi connectivity index (χ0n) is 12.4. The molecule has 0 aliphatic heterocycles. The van der Waals surface area contributed by atoms with Crippen LogP contribution in [0.3, 0.4) is 0 Å². The molecule has 1 aromatic carbocycles. The van der Waals surface area contributed by atoms with Crippen molar-refractivity contribution >= 4 is 29.3 Å². The predicted molar refractivity (Wildman–Crippen MR) is 83.9 cm³/mol. The lowest BCUT2D eigenvalue weighted by Crippen LogP contribution is -2.22. The Morgan fingerprint density at radius 2 is 1.78 bits per heavy atom. The Balaban J connectivity index is 1.94. The molecule has 0 atom stereocenters. The van der Waals surface area contributed by atoms with Crippen molar-refractivity contribution in [2.24, 2.45) is 0 Å². The second-order valence-electron chi connectivity index (χ2n) is 4.57. The number of carbonyl (C=O) groups is 3. The molecule has 0 fully saturated rings. The van der Waals surface area contributed by atoms with Gasteiger partial charge in [0.15, 0.2) is 6.61 Å². The van der Waals surface area contributed by atoms with Gasteiger partial charge in [-0.1, -0.05) is 18.2 Å². The molecule has 0 bridgehead atoms. The molecule has 0 radical (unpaired) electrons. The zero-order valence-corrected chi connectivity index (χ0v) is 12.4. The summed E-state index contributed by atoms with van der Waals surface area (Å²) in [6, 6.07) is 11.4. The van der Waals surface area contributed by atoms with E-state index in [-0.39, 0.29) is 11.5 Å². The van der Waals surface area contributed by atoms with Crippen LogP contribution in [-0.4, -0.2) is 29.4 Å². The van der Waals surface area contributed by atoms with Gasteiger partial charge in [0, 0.05) is 13.1 Å². The van der Waals surface area contributed by atoms with Crippen molar-refractivity contribution in [3.05, 3.63) is 54.2 Å². The van der Waals surface area contributed by atoms with Gasteiger partial charge in [0.05, 0.1) is 11.3 Å². The molecule has 0 saturated heterocycles. The minimum absolute atomic E-state index is 0.174. The number of hydrogen-bond donors (Lipinski definition) is 2. The molecule has 1 heterocycles. The Morgan fingerprint density at radius 1 is 1.04 bits per heavy atom. The number of nitrogens with zero attached hydrogens (tertiary/aromatic N) is 1. The number of ether oxygens (including phenoxy) is 1. The van der Waals surface area contributed by atoms with Crippen LogP contribution in [-0.2, 0) is 14.3 Å². The Bertz CT molecular complexity index is 716. The average molecular weight is 313 g/mol. The first-order valence-corrected chi connectivity index (χ1v) is 6.81. The Hall–Kier alpha value is -3.22. The van der Waals surface area contributed by atoms with Crippen LogP contribution in [0.2, 0.25) is 0 Å². The third-order valence-corrected chi connectivity index (χ3v) is 2.72. The molecule has 7 nitrogen and oxygen atoms in total. The van der Waals surface area contributed by atoms with E-state index in [0.29, 0.717) is 11.5 Å². The van der Waals surface area contributed by atoms with E-state index in [1.54, 1.807) is 36.4 Å². The highest BCUT2D eigenvalue weighted by atomic mass is 16.5. The molecule has 1 aromatic heterocycles. The first kappa shape index (κ1) is 16.2. The summed E-state index contributed by atoms with van der Waals surface area (Å²) in [5.41, 5.74) is 0.503. The van der Waals surface area contributed by atoms with Crippen molar-refractivity contribution in [3.63, 3.8) is 0 Å². The highest BCUT2D eigenvalue weighted by molar-refractivity contribution is 6.01. The molecular formula is C16H15N3O4. The van der Waals surface area contributed by atoms with Crippen molar-refractivity contribution in [2.75, 3.05) is 17.2 Å². The highest BCUT2D eigenvalue weighted by Gasteiger charge is 2.15. The summed E-state index contributed by atoms with van der Waals surface area (Å²) in [5.74, 6) is -1.15. The second kappa shape index (κ2) is 7.69. The third kappa shape index (κ3) is 4.92. The lowest BCUT2D eigenvalue weighted by atomic mass is 10.2. The van der Waals surface area contributed by atoms with Crippen molar-refractivity contribution in [1.29, 1.82) is 0 Å². The van der Waals surface area contributed by atoms with E-state index in [0.717, 1.165) is 0 Å². The molecule has 0 aliphatic carbocycles. The number of anilines is 2. The SMILES string of the molecule is CC(=O)Nc1ccccc1C(=O)OCC(=O)Nc1ccccn1. The lowest BCUT2D eigenvalue weighted by molar-refractivity contribution is -0.119. The van der Waals surface area contributed by atoms with Crippen LogP contribution in [0, 0.1) is 0 Å². The number of aromatic nitrogens is 1. The van der Waals surface area contributed by atoms with Crippen LogP contribution in [0.15, 0.2) is 48.7 Å². The van der Waals surface area contributed by atoms with E-state index in [1.165, 1.54) is 19.2 Å². The number of carbonyl (C=O) groups excluding carboxylic acids is 3. The molecule has 2 aromatic rings. The van der Waals surface area contributed by atoms with Gasteiger partial charge in [-0.3, -0.25) is 9.59 Å². The standard InChI is InChI=1S/C16H15N3O4/c1-11(20)18-13-7-3-2-6-12(13)16(22)23-10-15(21)19-14-8-4-5-9-17-14/h2-9H,10H2,1H3,(H,18,20)(H,17,19,21). The second-order valence-corrected chi connectivity index (χ2v) is 4.57. The molecule has 23 heavy (non-hydrogen) atoms. The van der Waals surface area contributed by atoms with E-state index < -0.39 is 18.5 Å². The minimum Gasteiger partial charge on any atom is -0.452 e. The molecule has 2 N–H and O–H groups in total. The fourth-order valence-corrected chi connectivity index (χ4v) is 1.78. The van der Waals surface area contributed by atoms with Gasteiger partial charge in [0.2, 0.25) is 5.91 Å². The molecule has 2 amide bonds. The van der Waals surface area contributed by atoms with Gasteiger partial charge in [-0.05, 0) is 24.3 Å². The van der Waals surface area contributed by atoms with Crippen LogP contribution in [0.4, 0.5) is 11.5 Å². The number of nitrogens with one attached hydrogen (secondary N) is 2. The number of benzene rings is 1. The number of esters is 1. The number of pyridine rings is 1. The predicted octanol–water partition coefficient (Wildman–Crippen LogP) is 1.84. The third-order valence-electron chi connectivity index (χ3n) is 2.72. The number of rotatable bonds is 5. The van der Waals surface area contributed by atoms with Crippen LogP contribution >= 0.6 is 0 Å². The summed E-state index contributed by atoms with van der Waals surface area (Å²) in [5, 5.41) is 5.03. The van der Waals surface area contributed by atoms with Crippen molar-refractivity contribution in [3.8, 4) is 0 Å². The molecule has 2 rings (SSSR count). The van der Waals surface area contributed by atoms with E-state index in [9.17, 15) is 14.4 Å². The molecule has 0 saturated carbocycles. The maximum atomic E-state index is 12.0. The van der Waals surface area contributed by atoms with Crippen LogP contribution in [0.5, 0.6) is 0 Å². The summed E-state index contributed by atoms with van der Waals surface area (Å²) in [4.78, 5) is 38.8. The number of hydrogen-bond acceptors (Lipinski definition) is 5. The van der Waals surface area contributed by atoms with Crippen LogP contribution in [0.25, 0.3) is 0 Å². The number of amides is 2. The Labute approximate surface area is 132 Å². The molecule has 118 valence electrons. The van der Waals surface area contributed by atoms with Gasteiger partial charge in [-0.25, -0.2) is 9.78 Å². The van der Waals surface area contributed by atoms with E-state index in [1.807, 2.05) is 0 Å². The number of para-hydroxylation sites is 1. The summed E-state index contributed by atoms with van der Waals surface area (Å²) >= 11 is 0. The molecular weight excluding hydrogens is 298 g/mol. The Morgan fingerprint density at radius 3 is 2.48 bits per heavy atom. The van der Waals surface area contributed by atoms with Crippen LogP contribution < -0.4 is 10.6 Å². The lowest BCUT2D eigenvalue weighted by Gasteiger charge is -2.09. The Kier molecular flexibility index (Phi) is 5.40. The van der Waals surface area contributed by atoms with Crippen molar-refractivity contribution < 1.29 is 19.1 Å². The fourth-order valence-electron chi connectivity index (χ4n) is 1.78. The summed E-state index contributed by atoms with van der Waals surface area (Å²) in [6.07, 6.45) is 1.53. The van der Waals surface area contributed by atoms with Gasteiger partial charge < -0.3 is 15.4 Å². The summed E-state index contributed by atoms with van der Waals surface area (Å²) in [6.45, 7) is 0.881. The monoisotopic (exact) mass is 313 g/mol. The van der Waals surface area contributed by atoms with Gasteiger partial charge in [0.25, 0.3) is 5.91 Å². The molecule has 0 spiro atoms. The smallest absolute Gasteiger partial charge is 0.340 e. The maximum Gasteiger partial charge on any atom is 0.340 e. The van der Waals surface area contributed by atoms with Gasteiger partial charge in [-0.2, -0.15) is 0 Å². The first-order chi connectivity index (χ1) is 11.1. The van der Waals surface area contributed by atoms with E-state index >= 15 is 0 Å². The van der Waals surface area contributed by atoms with Gasteiger partial charge >= 0.3 is 5.97 Å². The van der Waals surface area contributed by atoms with Gasteiger partial charge in [-0.15, -0.1) is 0 Å². The minimum atomic E-state index is -0.703. The quantitative estimate of drug-likeness (QED) is 0.821. The maximum absolute atomic E-state index is 12.0. The van der Waals surface area contributed by atoms with E-state index in [2.05, 4.69) is 15.6 Å². The summed E-state index contributed by atoms with van der Waals surface area (Å²) < 4.78 is 4.95. The average Bonchev–Trinajstić information content (AvgIpc) is 2.53. The van der Waals surface area contributed by atoms with E-state index in [4.69, 9.17) is 4.74 Å². The zero-order chi connectivity index (χ0) is 16.7. The van der Waals surface area contributed by atoms with Crippen molar-refractivity contribution in [1.82, 2.24) is 4.98 Å². The largest absolute Gasteiger partial charge is 0.452 e. The normalized spacial score (nSPS) is 9.78. The fraction of sp³-hybridized carbons (Fsp3) is 0.125. The van der Waals surface area contributed by atoms with Gasteiger partial charge in [0.1, 0.15) is 5.82 Å². The molecule has 0 unspecified atom stereocenters. The van der Waals surface area contributed by atoms with Crippen LogP contribution in [0.1, 0.15) is 17.3 Å². The molecule has 0 aliphatic rings. The topological polar surface area (TPSA) is 97.4 Å². The van der Waals surface area contributed by atoms with Crippen molar-refractivity contribution in [2.45, 2.75) is 6.92 Å². The molecule has 7 heteroatoms.